The van der Waals surface area contributed by atoms with Gasteiger partial charge in [-0.15, -0.1) is 0 Å². The minimum Gasteiger partial charge on any atom is -0.490 e. The first-order valence-corrected chi connectivity index (χ1v) is 12.6. The van der Waals surface area contributed by atoms with E-state index in [0.29, 0.717) is 19.8 Å². The van der Waals surface area contributed by atoms with Crippen molar-refractivity contribution in [2.45, 2.75) is 26.4 Å². The van der Waals surface area contributed by atoms with Gasteiger partial charge in [0, 0.05) is 12.8 Å². The van der Waals surface area contributed by atoms with Gasteiger partial charge in [-0.2, -0.15) is 10.2 Å². The van der Waals surface area contributed by atoms with Gasteiger partial charge in [-0.1, -0.05) is 43.7 Å². The highest BCUT2D eigenvalue weighted by Gasteiger charge is 2.21. The zero-order valence-electron chi connectivity index (χ0n) is 21.2. The van der Waals surface area contributed by atoms with E-state index in [9.17, 15) is 0 Å². The van der Waals surface area contributed by atoms with Crippen LogP contribution in [-0.4, -0.2) is 50.2 Å². The third-order valence-corrected chi connectivity index (χ3v) is 6.01. The fourth-order valence-corrected chi connectivity index (χ4v) is 4.00. The van der Waals surface area contributed by atoms with Gasteiger partial charge in [0.25, 0.3) is 0 Å². The molecule has 0 spiro atoms. The van der Waals surface area contributed by atoms with Gasteiger partial charge in [0.1, 0.15) is 37.1 Å². The smallest absolute Gasteiger partial charge is 0.122 e. The standard InChI is InChI=1S/C30H35N3O3/c1-3-4-18-33(2)22-26-21-31-32-30(26)25-10-12-27(13-11-25)34-19-20-35-28-14-16-29(17-15-28)36-23-24-8-6-5-7-9-24/h5-17,21,26H,3-4,18-20,22-23H2,1-2H3. The second-order valence-corrected chi connectivity index (χ2v) is 8.94. The fourth-order valence-electron chi connectivity index (χ4n) is 4.00. The summed E-state index contributed by atoms with van der Waals surface area (Å²) in [6.45, 7) is 5.70. The molecule has 0 amide bonds. The van der Waals surface area contributed by atoms with Crippen LogP contribution in [0.3, 0.4) is 0 Å². The van der Waals surface area contributed by atoms with E-state index in [-0.39, 0.29) is 5.92 Å². The van der Waals surface area contributed by atoms with Gasteiger partial charge in [0.15, 0.2) is 0 Å². The van der Waals surface area contributed by atoms with E-state index in [4.69, 9.17) is 14.2 Å². The molecule has 0 saturated carbocycles. The zero-order chi connectivity index (χ0) is 25.0. The first-order chi connectivity index (χ1) is 17.7. The molecule has 0 aromatic heterocycles. The van der Waals surface area contributed by atoms with Gasteiger partial charge in [-0.25, -0.2) is 0 Å². The average molecular weight is 486 g/mol. The van der Waals surface area contributed by atoms with E-state index in [0.717, 1.165) is 47.2 Å². The number of ether oxygens (including phenoxy) is 3. The molecule has 0 aliphatic carbocycles. The minimum atomic E-state index is 0.224. The lowest BCUT2D eigenvalue weighted by molar-refractivity contribution is 0.217. The van der Waals surface area contributed by atoms with Crippen LogP contribution in [-0.2, 0) is 6.61 Å². The number of hydrogen-bond acceptors (Lipinski definition) is 6. The highest BCUT2D eigenvalue weighted by molar-refractivity contribution is 6.12. The highest BCUT2D eigenvalue weighted by atomic mass is 16.5. The second kappa shape index (κ2) is 13.4. The van der Waals surface area contributed by atoms with Crippen LogP contribution >= 0.6 is 0 Å². The topological polar surface area (TPSA) is 55.7 Å². The molecule has 0 bridgehead atoms. The molecule has 0 N–H and O–H groups in total. The predicted molar refractivity (Wildman–Crippen MR) is 146 cm³/mol. The summed E-state index contributed by atoms with van der Waals surface area (Å²) in [7, 11) is 2.16. The maximum absolute atomic E-state index is 5.86. The molecule has 1 aliphatic heterocycles. The first-order valence-electron chi connectivity index (χ1n) is 12.6. The Morgan fingerprint density at radius 3 is 2.03 bits per heavy atom. The van der Waals surface area contributed by atoms with Crippen molar-refractivity contribution in [3.8, 4) is 17.2 Å². The Morgan fingerprint density at radius 2 is 1.39 bits per heavy atom. The molecule has 4 rings (SSSR count). The SMILES string of the molecule is CCCCN(C)CC1C=NN=C1c1ccc(OCCOc2ccc(OCc3ccccc3)cc2)cc1. The minimum absolute atomic E-state index is 0.224. The largest absolute Gasteiger partial charge is 0.490 e. The van der Waals surface area contributed by atoms with Crippen molar-refractivity contribution in [3.63, 3.8) is 0 Å². The summed E-state index contributed by atoms with van der Waals surface area (Å²) in [5.74, 6) is 2.63. The number of rotatable bonds is 14. The molecule has 3 aromatic rings. The molecular formula is C30H35N3O3. The summed E-state index contributed by atoms with van der Waals surface area (Å²) in [5.41, 5.74) is 3.24. The quantitative estimate of drug-likeness (QED) is 0.268. The molecule has 3 aromatic carbocycles. The number of benzene rings is 3. The summed E-state index contributed by atoms with van der Waals surface area (Å²) >= 11 is 0. The number of nitrogens with zero attached hydrogens (tertiary/aromatic N) is 3. The Labute approximate surface area is 214 Å². The van der Waals surface area contributed by atoms with Gasteiger partial charge >= 0.3 is 0 Å². The third kappa shape index (κ3) is 7.68. The lowest BCUT2D eigenvalue weighted by atomic mass is 9.97. The molecule has 0 saturated heterocycles. The average Bonchev–Trinajstić information content (AvgIpc) is 3.38. The van der Waals surface area contributed by atoms with Crippen molar-refractivity contribution in [2.24, 2.45) is 16.1 Å². The van der Waals surface area contributed by atoms with E-state index < -0.39 is 0 Å². The molecule has 6 heteroatoms. The van der Waals surface area contributed by atoms with Crippen LogP contribution in [0.5, 0.6) is 17.2 Å². The molecule has 0 radical (unpaired) electrons. The highest BCUT2D eigenvalue weighted by Crippen LogP contribution is 2.20. The molecular weight excluding hydrogens is 450 g/mol. The van der Waals surface area contributed by atoms with Gasteiger partial charge < -0.3 is 19.1 Å². The molecule has 1 atom stereocenters. The summed E-state index contributed by atoms with van der Waals surface area (Å²) in [6, 6.07) is 25.8. The van der Waals surface area contributed by atoms with Crippen LogP contribution in [0.15, 0.2) is 89.1 Å². The van der Waals surface area contributed by atoms with Crippen molar-refractivity contribution >= 4 is 11.9 Å². The van der Waals surface area contributed by atoms with Gasteiger partial charge in [0.05, 0.1) is 11.6 Å². The van der Waals surface area contributed by atoms with Crippen LogP contribution < -0.4 is 14.2 Å². The van der Waals surface area contributed by atoms with Gasteiger partial charge in [0.2, 0.25) is 0 Å². The lowest BCUT2D eigenvalue weighted by Gasteiger charge is -2.20. The van der Waals surface area contributed by atoms with Gasteiger partial charge in [-0.3, -0.25) is 0 Å². The summed E-state index contributed by atoms with van der Waals surface area (Å²) in [6.07, 6.45) is 4.35. The Balaban J connectivity index is 1.17. The number of hydrogen-bond donors (Lipinski definition) is 0. The second-order valence-electron chi connectivity index (χ2n) is 8.94. The van der Waals surface area contributed by atoms with E-state index in [1.54, 1.807) is 0 Å². The first kappa shape index (κ1) is 25.5. The Bertz CT molecular complexity index is 1110. The third-order valence-electron chi connectivity index (χ3n) is 6.01. The van der Waals surface area contributed by atoms with Crippen LogP contribution in [0, 0.1) is 5.92 Å². The van der Waals surface area contributed by atoms with Crippen LogP contribution in [0.2, 0.25) is 0 Å². The fraction of sp³-hybridized carbons (Fsp3) is 0.333. The van der Waals surface area contributed by atoms with E-state index >= 15 is 0 Å². The summed E-state index contributed by atoms with van der Waals surface area (Å²) in [4.78, 5) is 2.35. The predicted octanol–water partition coefficient (Wildman–Crippen LogP) is 5.86. The van der Waals surface area contributed by atoms with Crippen molar-refractivity contribution in [1.29, 1.82) is 0 Å². The van der Waals surface area contributed by atoms with E-state index in [1.165, 1.54) is 12.8 Å². The van der Waals surface area contributed by atoms with Crippen molar-refractivity contribution in [2.75, 3.05) is 33.4 Å². The summed E-state index contributed by atoms with van der Waals surface area (Å²) in [5, 5.41) is 8.56. The molecule has 6 nitrogen and oxygen atoms in total. The Kier molecular flexibility index (Phi) is 9.51. The number of unbranched alkanes of at least 4 members (excludes halogenated alkanes) is 1. The zero-order valence-corrected chi connectivity index (χ0v) is 21.2. The molecule has 1 unspecified atom stereocenters. The van der Waals surface area contributed by atoms with E-state index in [2.05, 4.69) is 41.2 Å². The maximum atomic E-state index is 5.86. The van der Waals surface area contributed by atoms with Crippen LogP contribution in [0.1, 0.15) is 30.9 Å². The maximum Gasteiger partial charge on any atom is 0.122 e. The van der Waals surface area contributed by atoms with Crippen LogP contribution in [0.4, 0.5) is 0 Å². The molecule has 1 aliphatic rings. The molecule has 188 valence electrons. The normalized spacial score (nSPS) is 14.6. The van der Waals surface area contributed by atoms with Crippen LogP contribution in [0.25, 0.3) is 0 Å². The Hall–Kier alpha value is -3.64. The van der Waals surface area contributed by atoms with Gasteiger partial charge in [-0.05, 0) is 79.7 Å². The van der Waals surface area contributed by atoms with Crippen molar-refractivity contribution in [1.82, 2.24) is 4.90 Å². The van der Waals surface area contributed by atoms with Crippen molar-refractivity contribution < 1.29 is 14.2 Å². The Morgan fingerprint density at radius 1 is 0.778 bits per heavy atom. The lowest BCUT2D eigenvalue weighted by Crippen LogP contribution is -2.31. The summed E-state index contributed by atoms with van der Waals surface area (Å²) < 4.78 is 17.5. The van der Waals surface area contributed by atoms with Crippen molar-refractivity contribution in [3.05, 3.63) is 90.0 Å². The monoisotopic (exact) mass is 485 g/mol. The van der Waals surface area contributed by atoms with E-state index in [1.807, 2.05) is 72.9 Å². The molecule has 0 fully saturated rings. The molecule has 36 heavy (non-hydrogen) atoms. The molecule has 1 heterocycles.